The number of ether oxygens (including phenoxy) is 1. The predicted molar refractivity (Wildman–Crippen MR) is 70.2 cm³/mol. The lowest BCUT2D eigenvalue weighted by molar-refractivity contribution is -0.148. The van der Waals surface area contributed by atoms with Gasteiger partial charge in [-0.2, -0.15) is 0 Å². The summed E-state index contributed by atoms with van der Waals surface area (Å²) in [5, 5.41) is 10.1. The Kier molecular flexibility index (Phi) is 4.31. The molecule has 0 saturated heterocycles. The third kappa shape index (κ3) is 3.06. The van der Waals surface area contributed by atoms with Crippen LogP contribution in [0.25, 0.3) is 0 Å². The lowest BCUT2D eigenvalue weighted by atomic mass is 9.91. The molecule has 1 atom stereocenters. The van der Waals surface area contributed by atoms with E-state index in [4.69, 9.17) is 4.74 Å². The van der Waals surface area contributed by atoms with Gasteiger partial charge in [-0.3, -0.25) is 0 Å². The van der Waals surface area contributed by atoms with Crippen LogP contribution in [0.3, 0.4) is 0 Å². The maximum atomic E-state index is 12.0. The first-order valence-corrected chi connectivity index (χ1v) is 7.21. The van der Waals surface area contributed by atoms with Crippen LogP contribution >= 0.6 is 0 Å². The zero-order chi connectivity index (χ0) is 13.1. The maximum absolute atomic E-state index is 12.0. The zero-order valence-electron chi connectivity index (χ0n) is 11.4. The molecule has 18 heavy (non-hydrogen) atoms. The SMILES string of the molecule is CC(C)CCC1CC(O)=C(C2CCCC2)C(=O)O1. The molecule has 0 aromatic heterocycles. The normalized spacial score (nSPS) is 25.9. The van der Waals surface area contributed by atoms with Gasteiger partial charge in [-0.25, -0.2) is 4.79 Å². The first-order chi connectivity index (χ1) is 8.58. The van der Waals surface area contributed by atoms with Crippen molar-refractivity contribution in [3.05, 3.63) is 11.3 Å². The van der Waals surface area contributed by atoms with E-state index in [-0.39, 0.29) is 18.0 Å². The quantitative estimate of drug-likeness (QED) is 0.775. The van der Waals surface area contributed by atoms with Gasteiger partial charge in [0.25, 0.3) is 0 Å². The molecule has 1 aliphatic carbocycles. The van der Waals surface area contributed by atoms with Crippen molar-refractivity contribution >= 4 is 5.97 Å². The van der Waals surface area contributed by atoms with E-state index in [2.05, 4.69) is 13.8 Å². The van der Waals surface area contributed by atoms with Crippen molar-refractivity contribution in [2.75, 3.05) is 0 Å². The number of hydrogen-bond acceptors (Lipinski definition) is 3. The van der Waals surface area contributed by atoms with Crippen molar-refractivity contribution in [3.8, 4) is 0 Å². The minimum absolute atomic E-state index is 0.120. The van der Waals surface area contributed by atoms with E-state index in [1.165, 1.54) is 0 Å². The topological polar surface area (TPSA) is 46.5 Å². The third-order valence-corrected chi connectivity index (χ3v) is 4.05. The van der Waals surface area contributed by atoms with Gasteiger partial charge in [-0.15, -0.1) is 0 Å². The molecule has 3 heteroatoms. The average Bonchev–Trinajstić information content (AvgIpc) is 2.79. The summed E-state index contributed by atoms with van der Waals surface area (Å²) in [5.74, 6) is 0.876. The Morgan fingerprint density at radius 1 is 1.33 bits per heavy atom. The van der Waals surface area contributed by atoms with E-state index in [1.807, 2.05) is 0 Å². The van der Waals surface area contributed by atoms with Crippen molar-refractivity contribution < 1.29 is 14.6 Å². The number of carbonyl (C=O) groups excluding carboxylic acids is 1. The van der Waals surface area contributed by atoms with Crippen LogP contribution in [-0.4, -0.2) is 17.2 Å². The molecule has 0 radical (unpaired) electrons. The summed E-state index contributed by atoms with van der Waals surface area (Å²) in [6.45, 7) is 4.31. The summed E-state index contributed by atoms with van der Waals surface area (Å²) in [4.78, 5) is 12.0. The van der Waals surface area contributed by atoms with Gasteiger partial charge in [0.2, 0.25) is 0 Å². The molecule has 0 aromatic rings. The highest BCUT2D eigenvalue weighted by molar-refractivity contribution is 5.90. The minimum atomic E-state index is -0.264. The molecule has 1 unspecified atom stereocenters. The van der Waals surface area contributed by atoms with Crippen LogP contribution in [0.1, 0.15) is 58.8 Å². The summed E-state index contributed by atoms with van der Waals surface area (Å²) < 4.78 is 5.48. The van der Waals surface area contributed by atoms with Crippen molar-refractivity contribution in [1.82, 2.24) is 0 Å². The first kappa shape index (κ1) is 13.4. The maximum Gasteiger partial charge on any atom is 0.337 e. The molecule has 102 valence electrons. The summed E-state index contributed by atoms with van der Waals surface area (Å²) in [6, 6.07) is 0. The molecule has 0 amide bonds. The number of hydrogen-bond donors (Lipinski definition) is 1. The van der Waals surface area contributed by atoms with Crippen LogP contribution in [0.15, 0.2) is 11.3 Å². The van der Waals surface area contributed by atoms with Gasteiger partial charge in [-0.1, -0.05) is 26.7 Å². The number of carbonyl (C=O) groups is 1. The summed E-state index contributed by atoms with van der Waals surface area (Å²) in [5.41, 5.74) is 0.577. The Morgan fingerprint density at radius 2 is 2.00 bits per heavy atom. The minimum Gasteiger partial charge on any atom is -0.512 e. The van der Waals surface area contributed by atoms with Crippen LogP contribution in [-0.2, 0) is 9.53 Å². The highest BCUT2D eigenvalue weighted by Crippen LogP contribution is 2.36. The molecule has 1 fully saturated rings. The van der Waals surface area contributed by atoms with E-state index >= 15 is 0 Å². The van der Waals surface area contributed by atoms with Gasteiger partial charge < -0.3 is 9.84 Å². The lowest BCUT2D eigenvalue weighted by Gasteiger charge is -2.27. The van der Waals surface area contributed by atoms with Crippen LogP contribution in [0.4, 0.5) is 0 Å². The average molecular weight is 252 g/mol. The molecule has 1 N–H and O–H groups in total. The zero-order valence-corrected chi connectivity index (χ0v) is 11.4. The van der Waals surface area contributed by atoms with Crippen molar-refractivity contribution in [1.29, 1.82) is 0 Å². The lowest BCUT2D eigenvalue weighted by Crippen LogP contribution is -2.29. The van der Waals surface area contributed by atoms with Gasteiger partial charge in [-0.05, 0) is 37.5 Å². The molecular weight excluding hydrogens is 228 g/mol. The summed E-state index contributed by atoms with van der Waals surface area (Å²) in [7, 11) is 0. The van der Waals surface area contributed by atoms with Crippen LogP contribution in [0.2, 0.25) is 0 Å². The van der Waals surface area contributed by atoms with Gasteiger partial charge in [0, 0.05) is 6.42 Å². The Morgan fingerprint density at radius 3 is 2.56 bits per heavy atom. The van der Waals surface area contributed by atoms with Crippen LogP contribution in [0.5, 0.6) is 0 Å². The highest BCUT2D eigenvalue weighted by atomic mass is 16.5. The predicted octanol–water partition coefficient (Wildman–Crippen LogP) is 3.74. The molecule has 3 nitrogen and oxygen atoms in total. The van der Waals surface area contributed by atoms with Crippen molar-refractivity contribution in [2.45, 2.75) is 64.9 Å². The van der Waals surface area contributed by atoms with Gasteiger partial charge >= 0.3 is 5.97 Å². The number of aliphatic hydroxyl groups is 1. The Labute approximate surface area is 109 Å². The molecule has 0 bridgehead atoms. The molecule has 0 aromatic carbocycles. The smallest absolute Gasteiger partial charge is 0.337 e. The van der Waals surface area contributed by atoms with E-state index in [1.54, 1.807) is 0 Å². The fourth-order valence-corrected chi connectivity index (χ4v) is 3.00. The van der Waals surface area contributed by atoms with Crippen molar-refractivity contribution in [3.63, 3.8) is 0 Å². The molecule has 2 aliphatic rings. The standard InChI is InChI=1S/C15H24O3/c1-10(2)7-8-12-9-13(16)14(15(17)18-12)11-5-3-4-6-11/h10-12,16H,3-9H2,1-2H3. The van der Waals surface area contributed by atoms with E-state index in [9.17, 15) is 9.90 Å². The Hall–Kier alpha value is -0.990. The molecular formula is C15H24O3. The monoisotopic (exact) mass is 252 g/mol. The van der Waals surface area contributed by atoms with Crippen LogP contribution < -0.4 is 0 Å². The Balaban J connectivity index is 2.00. The van der Waals surface area contributed by atoms with Gasteiger partial charge in [0.05, 0.1) is 5.57 Å². The van der Waals surface area contributed by atoms with Crippen LogP contribution in [0, 0.1) is 11.8 Å². The first-order valence-electron chi connectivity index (χ1n) is 7.21. The van der Waals surface area contributed by atoms with Gasteiger partial charge in [0.1, 0.15) is 11.9 Å². The Bertz CT molecular complexity index is 338. The second-order valence-electron chi connectivity index (χ2n) is 6.04. The largest absolute Gasteiger partial charge is 0.512 e. The fraction of sp³-hybridized carbons (Fsp3) is 0.800. The highest BCUT2D eigenvalue weighted by Gasteiger charge is 2.34. The second kappa shape index (κ2) is 5.77. The molecule has 1 heterocycles. The number of esters is 1. The number of aliphatic hydroxyl groups excluding tert-OH is 1. The van der Waals surface area contributed by atoms with Crippen molar-refractivity contribution in [2.24, 2.45) is 11.8 Å². The summed E-state index contributed by atoms with van der Waals surface area (Å²) >= 11 is 0. The third-order valence-electron chi connectivity index (χ3n) is 4.05. The van der Waals surface area contributed by atoms with Gasteiger partial charge in [0.15, 0.2) is 0 Å². The second-order valence-corrected chi connectivity index (χ2v) is 6.04. The molecule has 1 aliphatic heterocycles. The molecule has 2 rings (SSSR count). The fourth-order valence-electron chi connectivity index (χ4n) is 3.00. The van der Waals surface area contributed by atoms with E-state index in [0.717, 1.165) is 38.5 Å². The van der Waals surface area contributed by atoms with E-state index < -0.39 is 0 Å². The summed E-state index contributed by atoms with van der Waals surface area (Å²) in [6.07, 6.45) is 6.64. The molecule has 0 spiro atoms. The molecule has 1 saturated carbocycles. The number of cyclic esters (lactones) is 1. The van der Waals surface area contributed by atoms with E-state index in [0.29, 0.717) is 23.7 Å². The number of rotatable bonds is 4.